The van der Waals surface area contributed by atoms with Crippen molar-refractivity contribution in [1.29, 1.82) is 0 Å². The fourth-order valence-corrected chi connectivity index (χ4v) is 2.29. The Morgan fingerprint density at radius 3 is 2.46 bits per heavy atom. The second-order valence-electron chi connectivity index (χ2n) is 5.46. The first-order valence-electron chi connectivity index (χ1n) is 7.64. The molecule has 120 valence electrons. The van der Waals surface area contributed by atoms with Crippen molar-refractivity contribution in [3.05, 3.63) is 72.3 Å². The lowest BCUT2D eigenvalue weighted by Gasteiger charge is -2.09. The Bertz CT molecular complexity index is 885. The van der Waals surface area contributed by atoms with E-state index in [1.807, 2.05) is 42.5 Å². The van der Waals surface area contributed by atoms with Gasteiger partial charge in [0.05, 0.1) is 5.69 Å². The predicted octanol–water partition coefficient (Wildman–Crippen LogP) is 4.44. The zero-order valence-corrected chi connectivity index (χ0v) is 13.2. The van der Waals surface area contributed by atoms with Crippen LogP contribution in [0, 0.1) is 0 Å². The van der Waals surface area contributed by atoms with Crippen molar-refractivity contribution in [2.75, 3.05) is 0 Å². The molecule has 24 heavy (non-hydrogen) atoms. The number of aliphatic imine (C=N–C) groups is 1. The monoisotopic (exact) mass is 319 g/mol. The zero-order valence-electron chi connectivity index (χ0n) is 13.2. The summed E-state index contributed by atoms with van der Waals surface area (Å²) >= 11 is 0. The van der Waals surface area contributed by atoms with Crippen LogP contribution in [0.5, 0.6) is 5.75 Å². The summed E-state index contributed by atoms with van der Waals surface area (Å²) in [6, 6.07) is 21.4. The van der Waals surface area contributed by atoms with Crippen LogP contribution in [0.2, 0.25) is 0 Å². The minimum Gasteiger partial charge on any atom is -0.479 e. The van der Waals surface area contributed by atoms with E-state index in [-0.39, 0.29) is 0 Å². The van der Waals surface area contributed by atoms with E-state index in [0.717, 1.165) is 16.6 Å². The van der Waals surface area contributed by atoms with Crippen molar-refractivity contribution in [2.24, 2.45) is 4.99 Å². The van der Waals surface area contributed by atoms with Crippen LogP contribution in [0.25, 0.3) is 10.8 Å². The van der Waals surface area contributed by atoms with E-state index < -0.39 is 12.1 Å². The van der Waals surface area contributed by atoms with Crippen LogP contribution in [0.1, 0.15) is 12.5 Å². The molecule has 0 radical (unpaired) electrons. The summed E-state index contributed by atoms with van der Waals surface area (Å²) in [5.41, 5.74) is 1.80. The number of rotatable bonds is 5. The molecule has 3 aromatic carbocycles. The van der Waals surface area contributed by atoms with Gasteiger partial charge in [-0.1, -0.05) is 30.3 Å². The van der Waals surface area contributed by atoms with E-state index >= 15 is 0 Å². The Morgan fingerprint density at radius 1 is 1.04 bits per heavy atom. The average Bonchev–Trinajstić information content (AvgIpc) is 2.61. The topological polar surface area (TPSA) is 58.9 Å². The Hall–Kier alpha value is -3.14. The Labute approximate surface area is 140 Å². The van der Waals surface area contributed by atoms with E-state index in [4.69, 9.17) is 9.84 Å². The van der Waals surface area contributed by atoms with Crippen molar-refractivity contribution < 1.29 is 14.6 Å². The standard InChI is InChI=1S/C20H17NO3/c1-14(20(22)23)24-19-10-6-15(7-11-19)13-21-18-9-8-16-4-2-3-5-17(16)12-18/h2-14H,1H3,(H,22,23)/t14-/m1/s1. The molecule has 0 saturated heterocycles. The van der Waals surface area contributed by atoms with Crippen LogP contribution in [-0.2, 0) is 4.79 Å². The largest absolute Gasteiger partial charge is 0.479 e. The fourth-order valence-electron chi connectivity index (χ4n) is 2.29. The number of nitrogens with zero attached hydrogens (tertiary/aromatic N) is 1. The molecule has 3 aromatic rings. The van der Waals surface area contributed by atoms with Crippen LogP contribution in [-0.4, -0.2) is 23.4 Å². The number of carboxylic acids is 1. The lowest BCUT2D eigenvalue weighted by Crippen LogP contribution is -2.22. The maximum Gasteiger partial charge on any atom is 0.344 e. The molecule has 0 aliphatic rings. The first-order chi connectivity index (χ1) is 11.6. The quantitative estimate of drug-likeness (QED) is 0.707. The molecule has 4 heteroatoms. The van der Waals surface area contributed by atoms with Gasteiger partial charge >= 0.3 is 5.97 Å². The summed E-state index contributed by atoms with van der Waals surface area (Å²) in [5.74, 6) is -0.468. The molecule has 0 aromatic heterocycles. The molecule has 0 amide bonds. The van der Waals surface area contributed by atoms with Gasteiger partial charge in [-0.05, 0) is 59.7 Å². The van der Waals surface area contributed by atoms with Crippen molar-refractivity contribution in [3.63, 3.8) is 0 Å². The number of ether oxygens (including phenoxy) is 1. The van der Waals surface area contributed by atoms with Gasteiger partial charge in [-0.25, -0.2) is 4.79 Å². The predicted molar refractivity (Wildman–Crippen MR) is 95.4 cm³/mol. The molecule has 0 unspecified atom stereocenters. The average molecular weight is 319 g/mol. The summed E-state index contributed by atoms with van der Waals surface area (Å²) in [4.78, 5) is 15.3. The molecular weight excluding hydrogens is 302 g/mol. The van der Waals surface area contributed by atoms with Crippen molar-refractivity contribution in [1.82, 2.24) is 0 Å². The van der Waals surface area contributed by atoms with Crippen LogP contribution in [0.15, 0.2) is 71.7 Å². The zero-order chi connectivity index (χ0) is 16.9. The molecule has 3 rings (SSSR count). The molecular formula is C20H17NO3. The van der Waals surface area contributed by atoms with Crippen LogP contribution in [0.4, 0.5) is 5.69 Å². The molecule has 0 spiro atoms. The van der Waals surface area contributed by atoms with Crippen LogP contribution < -0.4 is 4.74 Å². The van der Waals surface area contributed by atoms with Gasteiger partial charge in [0, 0.05) is 6.21 Å². The van der Waals surface area contributed by atoms with Gasteiger partial charge in [-0.15, -0.1) is 0 Å². The van der Waals surface area contributed by atoms with E-state index in [0.29, 0.717) is 5.75 Å². The highest BCUT2D eigenvalue weighted by Gasteiger charge is 2.11. The Balaban J connectivity index is 1.72. The molecule has 0 fully saturated rings. The van der Waals surface area contributed by atoms with Gasteiger partial charge in [0.15, 0.2) is 6.10 Å². The van der Waals surface area contributed by atoms with E-state index in [2.05, 4.69) is 17.1 Å². The molecule has 1 atom stereocenters. The summed E-state index contributed by atoms with van der Waals surface area (Å²) < 4.78 is 5.30. The lowest BCUT2D eigenvalue weighted by atomic mass is 10.1. The maximum atomic E-state index is 10.8. The third-order valence-electron chi connectivity index (χ3n) is 3.64. The SMILES string of the molecule is C[C@@H](Oc1ccc(C=Nc2ccc3ccccc3c2)cc1)C(=O)O. The first-order valence-corrected chi connectivity index (χ1v) is 7.64. The molecule has 0 aliphatic carbocycles. The van der Waals surface area contributed by atoms with Gasteiger partial charge in [0.25, 0.3) is 0 Å². The second kappa shape index (κ2) is 6.96. The normalized spacial score (nSPS) is 12.4. The maximum absolute atomic E-state index is 10.8. The number of hydrogen-bond donors (Lipinski definition) is 1. The summed E-state index contributed by atoms with van der Waals surface area (Å²) in [5, 5.41) is 11.2. The van der Waals surface area contributed by atoms with E-state index in [1.54, 1.807) is 18.3 Å². The first kappa shape index (κ1) is 15.7. The number of fused-ring (bicyclic) bond motifs is 1. The number of carbonyl (C=O) groups is 1. The van der Waals surface area contributed by atoms with E-state index in [9.17, 15) is 4.79 Å². The van der Waals surface area contributed by atoms with Crippen LogP contribution >= 0.6 is 0 Å². The molecule has 0 saturated carbocycles. The number of aliphatic carboxylic acids is 1. The fraction of sp³-hybridized carbons (Fsp3) is 0.100. The molecule has 0 aliphatic heterocycles. The van der Waals surface area contributed by atoms with Crippen LogP contribution in [0.3, 0.4) is 0 Å². The Kier molecular flexibility index (Phi) is 4.57. The third kappa shape index (κ3) is 3.79. The smallest absolute Gasteiger partial charge is 0.344 e. The minimum absolute atomic E-state index is 0.521. The molecule has 4 nitrogen and oxygen atoms in total. The highest BCUT2D eigenvalue weighted by Crippen LogP contribution is 2.21. The van der Waals surface area contributed by atoms with E-state index in [1.165, 1.54) is 12.3 Å². The van der Waals surface area contributed by atoms with Gasteiger partial charge in [0.2, 0.25) is 0 Å². The summed E-state index contributed by atoms with van der Waals surface area (Å²) in [6.07, 6.45) is 0.899. The Morgan fingerprint density at radius 2 is 1.75 bits per heavy atom. The number of benzene rings is 3. The van der Waals surface area contributed by atoms with Crippen molar-refractivity contribution in [3.8, 4) is 5.75 Å². The van der Waals surface area contributed by atoms with Gasteiger partial charge in [-0.3, -0.25) is 4.99 Å². The third-order valence-corrected chi connectivity index (χ3v) is 3.64. The van der Waals surface area contributed by atoms with Gasteiger partial charge in [0.1, 0.15) is 5.75 Å². The highest BCUT2D eigenvalue weighted by atomic mass is 16.5. The summed E-state index contributed by atoms with van der Waals surface area (Å²) in [6.45, 7) is 1.50. The number of hydrogen-bond acceptors (Lipinski definition) is 3. The van der Waals surface area contributed by atoms with Crippen molar-refractivity contribution >= 4 is 28.6 Å². The lowest BCUT2D eigenvalue weighted by molar-refractivity contribution is -0.144. The molecule has 0 heterocycles. The van der Waals surface area contributed by atoms with Gasteiger partial charge in [-0.2, -0.15) is 0 Å². The van der Waals surface area contributed by atoms with Gasteiger partial charge < -0.3 is 9.84 Å². The molecule has 0 bridgehead atoms. The highest BCUT2D eigenvalue weighted by molar-refractivity contribution is 5.87. The number of carboxylic acid groups (broad SMARTS) is 1. The van der Waals surface area contributed by atoms with Crippen molar-refractivity contribution in [2.45, 2.75) is 13.0 Å². The molecule has 1 N–H and O–H groups in total. The minimum atomic E-state index is -0.989. The summed E-state index contributed by atoms with van der Waals surface area (Å²) in [7, 11) is 0. The second-order valence-corrected chi connectivity index (χ2v) is 5.46.